The first-order valence-corrected chi connectivity index (χ1v) is 6.96. The molecule has 0 fully saturated rings. The first kappa shape index (κ1) is 12.1. The highest BCUT2D eigenvalue weighted by molar-refractivity contribution is 5.97. The summed E-state index contributed by atoms with van der Waals surface area (Å²) in [7, 11) is 0. The number of hydrogen-bond donors (Lipinski definition) is 0. The van der Waals surface area contributed by atoms with Gasteiger partial charge >= 0.3 is 0 Å². The van der Waals surface area contributed by atoms with Crippen LogP contribution in [0.1, 0.15) is 11.1 Å². The quantitative estimate of drug-likeness (QED) is 0.459. The normalized spacial score (nSPS) is 11.5. The van der Waals surface area contributed by atoms with Crippen LogP contribution in [-0.4, -0.2) is 9.38 Å². The van der Waals surface area contributed by atoms with E-state index in [-0.39, 0.29) is 5.56 Å². The zero-order chi connectivity index (χ0) is 14.6. The van der Waals surface area contributed by atoms with E-state index in [1.54, 1.807) is 0 Å². The Balaban J connectivity index is 2.35. The first-order valence-electron chi connectivity index (χ1n) is 6.96. The number of rotatable bonds is 0. The lowest BCUT2D eigenvalue weighted by Crippen LogP contribution is -2.12. The lowest BCUT2D eigenvalue weighted by Gasteiger charge is -2.10. The molecule has 0 N–H and O–H groups in total. The summed E-state index contributed by atoms with van der Waals surface area (Å²) in [5, 5.41) is 2.81. The lowest BCUT2D eigenvalue weighted by atomic mass is 10.1. The van der Waals surface area contributed by atoms with Gasteiger partial charge in [-0.2, -0.15) is 4.98 Å². The molecule has 2 aromatic heterocycles. The molecule has 0 aliphatic rings. The molecular weight excluding hydrogens is 260 g/mol. The highest BCUT2D eigenvalue weighted by Gasteiger charge is 2.09. The van der Waals surface area contributed by atoms with Crippen LogP contribution < -0.4 is 5.56 Å². The molecule has 0 unspecified atom stereocenters. The summed E-state index contributed by atoms with van der Waals surface area (Å²) in [5.74, 6) is 0. The molecule has 0 amide bonds. The van der Waals surface area contributed by atoms with Crippen LogP contribution in [0.3, 0.4) is 0 Å². The van der Waals surface area contributed by atoms with E-state index in [9.17, 15) is 4.79 Å². The second kappa shape index (κ2) is 4.16. The third kappa shape index (κ3) is 1.67. The molecule has 0 aliphatic heterocycles. The third-order valence-corrected chi connectivity index (χ3v) is 4.01. The maximum atomic E-state index is 12.4. The van der Waals surface area contributed by atoms with Crippen molar-refractivity contribution < 1.29 is 0 Å². The van der Waals surface area contributed by atoms with Gasteiger partial charge in [-0.1, -0.05) is 29.8 Å². The Morgan fingerprint density at radius 1 is 1.05 bits per heavy atom. The van der Waals surface area contributed by atoms with Crippen molar-refractivity contribution in [1.82, 2.24) is 9.38 Å². The van der Waals surface area contributed by atoms with E-state index in [2.05, 4.69) is 29.2 Å². The van der Waals surface area contributed by atoms with Crippen LogP contribution in [0.15, 0.2) is 53.5 Å². The molecule has 0 saturated heterocycles. The maximum Gasteiger partial charge on any atom is 0.281 e. The Bertz CT molecular complexity index is 1080. The Kier molecular flexibility index (Phi) is 2.39. The molecule has 0 spiro atoms. The number of aryl methyl sites for hydroxylation is 2. The number of benzene rings is 2. The van der Waals surface area contributed by atoms with E-state index >= 15 is 0 Å². The van der Waals surface area contributed by atoms with E-state index in [1.807, 2.05) is 42.6 Å². The molecule has 2 aromatic carbocycles. The minimum Gasteiger partial charge on any atom is -0.300 e. The van der Waals surface area contributed by atoms with Gasteiger partial charge in [-0.15, -0.1) is 0 Å². The highest BCUT2D eigenvalue weighted by atomic mass is 16.1. The third-order valence-electron chi connectivity index (χ3n) is 4.01. The second-order valence-corrected chi connectivity index (χ2v) is 5.49. The van der Waals surface area contributed by atoms with E-state index in [0.29, 0.717) is 5.39 Å². The van der Waals surface area contributed by atoms with Gasteiger partial charge in [0.25, 0.3) is 5.56 Å². The molecule has 21 heavy (non-hydrogen) atoms. The summed E-state index contributed by atoms with van der Waals surface area (Å²) in [4.78, 5) is 16.8. The fraction of sp³-hybridized carbons (Fsp3) is 0.111. The maximum absolute atomic E-state index is 12.4. The molecule has 4 rings (SSSR count). The average Bonchev–Trinajstić information content (AvgIpc) is 2.47. The zero-order valence-electron chi connectivity index (χ0n) is 11.9. The Morgan fingerprint density at radius 3 is 2.76 bits per heavy atom. The van der Waals surface area contributed by atoms with Crippen LogP contribution in [0.2, 0.25) is 0 Å². The Morgan fingerprint density at radius 2 is 1.90 bits per heavy atom. The van der Waals surface area contributed by atoms with Crippen molar-refractivity contribution >= 4 is 27.3 Å². The van der Waals surface area contributed by atoms with Gasteiger partial charge in [0.2, 0.25) is 0 Å². The van der Waals surface area contributed by atoms with Crippen molar-refractivity contribution in [2.24, 2.45) is 0 Å². The molecule has 0 bridgehead atoms. The zero-order valence-corrected chi connectivity index (χ0v) is 11.9. The largest absolute Gasteiger partial charge is 0.300 e. The van der Waals surface area contributed by atoms with Gasteiger partial charge in [-0.25, -0.2) is 0 Å². The average molecular weight is 274 g/mol. The van der Waals surface area contributed by atoms with E-state index in [0.717, 1.165) is 33.1 Å². The summed E-state index contributed by atoms with van der Waals surface area (Å²) in [6.45, 7) is 4.00. The van der Waals surface area contributed by atoms with Crippen LogP contribution in [0.5, 0.6) is 0 Å². The number of fused-ring (bicyclic) bond motifs is 5. The van der Waals surface area contributed by atoms with Gasteiger partial charge in [-0.05, 0) is 43.0 Å². The van der Waals surface area contributed by atoms with Crippen molar-refractivity contribution in [3.05, 3.63) is 70.1 Å². The smallest absolute Gasteiger partial charge is 0.281 e. The minimum atomic E-state index is -0.155. The summed E-state index contributed by atoms with van der Waals surface area (Å²) >= 11 is 0. The number of pyridine rings is 1. The molecule has 4 aromatic rings. The van der Waals surface area contributed by atoms with Crippen LogP contribution in [0, 0.1) is 13.8 Å². The molecule has 0 aliphatic carbocycles. The predicted molar refractivity (Wildman–Crippen MR) is 85.9 cm³/mol. The molecule has 102 valence electrons. The second-order valence-electron chi connectivity index (χ2n) is 5.49. The predicted octanol–water partition coefficient (Wildman–Crippen LogP) is 3.62. The SMILES string of the molecule is Cc1ccc2ccn3c4cccc(C)c4c(=O)nc3c2c1. The summed E-state index contributed by atoms with van der Waals surface area (Å²) < 4.78 is 2.01. The van der Waals surface area contributed by atoms with Crippen LogP contribution >= 0.6 is 0 Å². The van der Waals surface area contributed by atoms with Crippen molar-refractivity contribution in [3.8, 4) is 0 Å². The first-order chi connectivity index (χ1) is 10.1. The van der Waals surface area contributed by atoms with Crippen LogP contribution in [-0.2, 0) is 0 Å². The van der Waals surface area contributed by atoms with Gasteiger partial charge in [0.05, 0.1) is 10.9 Å². The van der Waals surface area contributed by atoms with Gasteiger partial charge in [0.1, 0.15) is 5.65 Å². The lowest BCUT2D eigenvalue weighted by molar-refractivity contribution is 1.14. The van der Waals surface area contributed by atoms with E-state index < -0.39 is 0 Å². The van der Waals surface area contributed by atoms with Crippen molar-refractivity contribution in [1.29, 1.82) is 0 Å². The summed E-state index contributed by atoms with van der Waals surface area (Å²) in [5.41, 5.74) is 3.60. The monoisotopic (exact) mass is 274 g/mol. The van der Waals surface area contributed by atoms with Gasteiger partial charge < -0.3 is 4.40 Å². The number of aromatic nitrogens is 2. The Hall–Kier alpha value is -2.68. The summed E-state index contributed by atoms with van der Waals surface area (Å²) in [6.07, 6.45) is 1.99. The molecule has 2 heterocycles. The number of hydrogen-bond acceptors (Lipinski definition) is 2. The molecule has 3 heteroatoms. The van der Waals surface area contributed by atoms with Crippen molar-refractivity contribution in [2.75, 3.05) is 0 Å². The minimum absolute atomic E-state index is 0.155. The van der Waals surface area contributed by atoms with Gasteiger partial charge in [-0.3, -0.25) is 4.79 Å². The van der Waals surface area contributed by atoms with Crippen molar-refractivity contribution in [3.63, 3.8) is 0 Å². The molecule has 0 radical (unpaired) electrons. The standard InChI is InChI=1S/C18H14N2O/c1-11-6-7-13-8-9-20-15-5-3-4-12(2)16(15)18(21)19-17(20)14(13)10-11/h3-10H,1-2H3. The topological polar surface area (TPSA) is 34.4 Å². The molecule has 3 nitrogen and oxygen atoms in total. The van der Waals surface area contributed by atoms with Crippen LogP contribution in [0.25, 0.3) is 27.3 Å². The van der Waals surface area contributed by atoms with Crippen LogP contribution in [0.4, 0.5) is 0 Å². The van der Waals surface area contributed by atoms with E-state index in [1.165, 1.54) is 0 Å². The highest BCUT2D eigenvalue weighted by Crippen LogP contribution is 2.23. The molecular formula is C18H14N2O. The van der Waals surface area contributed by atoms with E-state index in [4.69, 9.17) is 0 Å². The fourth-order valence-corrected chi connectivity index (χ4v) is 2.96. The van der Waals surface area contributed by atoms with Gasteiger partial charge in [0, 0.05) is 11.6 Å². The fourth-order valence-electron chi connectivity index (χ4n) is 2.96. The molecule has 0 saturated carbocycles. The van der Waals surface area contributed by atoms with Crippen molar-refractivity contribution in [2.45, 2.75) is 13.8 Å². The number of nitrogens with zero attached hydrogens (tertiary/aromatic N) is 2. The Labute approximate surface area is 121 Å². The molecule has 0 atom stereocenters. The van der Waals surface area contributed by atoms with Gasteiger partial charge in [0.15, 0.2) is 0 Å². The summed E-state index contributed by atoms with van der Waals surface area (Å²) in [6, 6.07) is 14.2.